The van der Waals surface area contributed by atoms with Gasteiger partial charge in [-0.25, -0.2) is 0 Å². The van der Waals surface area contributed by atoms with Gasteiger partial charge >= 0.3 is 0 Å². The molecule has 0 radical (unpaired) electrons. The van der Waals surface area contributed by atoms with E-state index < -0.39 is 0 Å². The van der Waals surface area contributed by atoms with Gasteiger partial charge in [0.1, 0.15) is 6.29 Å². The highest BCUT2D eigenvalue weighted by atomic mass is 35.5. The van der Waals surface area contributed by atoms with Crippen molar-refractivity contribution in [2.45, 2.75) is 6.54 Å². The normalized spacial score (nSPS) is 8.21. The fourth-order valence-corrected chi connectivity index (χ4v) is 1.43. The van der Waals surface area contributed by atoms with Crippen LogP contribution >= 0.6 is 37.2 Å². The summed E-state index contributed by atoms with van der Waals surface area (Å²) in [6.07, 6.45) is 4.41. The number of benzene rings is 1. The summed E-state index contributed by atoms with van der Waals surface area (Å²) in [5.41, 5.74) is 2.73. The van der Waals surface area contributed by atoms with Gasteiger partial charge in [0.05, 0.1) is 0 Å². The standard InChI is InChI=1S/C13H12N2O.3ClH/c16-10-11-3-1-5-13(7-11)15-9-12-4-2-6-14-8-12;;;/h1-8,10,15H,9H2;3*1H. The van der Waals surface area contributed by atoms with Crippen molar-refractivity contribution in [3.63, 3.8) is 0 Å². The Morgan fingerprint density at radius 3 is 2.53 bits per heavy atom. The molecule has 1 aromatic heterocycles. The van der Waals surface area contributed by atoms with E-state index in [2.05, 4.69) is 10.3 Å². The number of anilines is 1. The smallest absolute Gasteiger partial charge is 0.150 e. The molecule has 0 aliphatic carbocycles. The largest absolute Gasteiger partial charge is 0.381 e. The SMILES string of the molecule is Cl.Cl.Cl.O=Cc1cccc(NCc2cccnc2)c1. The van der Waals surface area contributed by atoms with Crippen LogP contribution in [0.2, 0.25) is 0 Å². The number of nitrogens with one attached hydrogen (secondary N) is 1. The molecule has 1 heterocycles. The van der Waals surface area contributed by atoms with Crippen molar-refractivity contribution in [1.29, 1.82) is 0 Å². The average molecular weight is 322 g/mol. The van der Waals surface area contributed by atoms with E-state index in [9.17, 15) is 4.79 Å². The van der Waals surface area contributed by atoms with Crippen LogP contribution in [0, 0.1) is 0 Å². The van der Waals surface area contributed by atoms with Crippen LogP contribution in [0.4, 0.5) is 5.69 Å². The second-order valence-corrected chi connectivity index (χ2v) is 3.46. The first-order chi connectivity index (χ1) is 7.88. The van der Waals surface area contributed by atoms with E-state index in [4.69, 9.17) is 0 Å². The number of carbonyl (C=O) groups is 1. The number of hydrogen-bond acceptors (Lipinski definition) is 3. The quantitative estimate of drug-likeness (QED) is 0.872. The molecular formula is C13H15Cl3N2O. The number of rotatable bonds is 4. The zero-order chi connectivity index (χ0) is 11.2. The van der Waals surface area contributed by atoms with Gasteiger partial charge in [0.2, 0.25) is 0 Å². The molecule has 0 amide bonds. The minimum atomic E-state index is 0. The van der Waals surface area contributed by atoms with Crippen LogP contribution < -0.4 is 5.32 Å². The van der Waals surface area contributed by atoms with Crippen LogP contribution in [0.5, 0.6) is 0 Å². The van der Waals surface area contributed by atoms with E-state index >= 15 is 0 Å². The maximum absolute atomic E-state index is 10.6. The van der Waals surface area contributed by atoms with Crippen LogP contribution in [0.3, 0.4) is 0 Å². The van der Waals surface area contributed by atoms with Gasteiger partial charge in [-0.15, -0.1) is 37.2 Å². The Labute approximate surface area is 131 Å². The predicted molar refractivity (Wildman–Crippen MR) is 85.1 cm³/mol. The molecule has 104 valence electrons. The maximum atomic E-state index is 10.6. The molecule has 3 nitrogen and oxygen atoms in total. The third kappa shape index (κ3) is 6.43. The molecule has 0 saturated carbocycles. The zero-order valence-electron chi connectivity index (χ0n) is 9.98. The van der Waals surface area contributed by atoms with Crippen LogP contribution in [0.15, 0.2) is 48.8 Å². The third-order valence-corrected chi connectivity index (χ3v) is 2.24. The van der Waals surface area contributed by atoms with Crippen molar-refractivity contribution >= 4 is 49.2 Å². The lowest BCUT2D eigenvalue weighted by Gasteiger charge is -2.06. The van der Waals surface area contributed by atoms with Crippen LogP contribution in [0.25, 0.3) is 0 Å². The van der Waals surface area contributed by atoms with Crippen molar-refractivity contribution in [2.75, 3.05) is 5.32 Å². The Bertz CT molecular complexity index is 480. The van der Waals surface area contributed by atoms with Crippen LogP contribution in [-0.2, 0) is 6.54 Å². The summed E-state index contributed by atoms with van der Waals surface area (Å²) in [7, 11) is 0. The maximum Gasteiger partial charge on any atom is 0.150 e. The van der Waals surface area contributed by atoms with Gasteiger partial charge in [0, 0.05) is 30.2 Å². The van der Waals surface area contributed by atoms with Gasteiger partial charge in [0.25, 0.3) is 0 Å². The molecule has 1 N–H and O–H groups in total. The van der Waals surface area contributed by atoms with Crippen LogP contribution in [-0.4, -0.2) is 11.3 Å². The number of aromatic nitrogens is 1. The predicted octanol–water partition coefficient (Wildman–Crippen LogP) is 3.77. The fraction of sp³-hybridized carbons (Fsp3) is 0.0769. The summed E-state index contributed by atoms with van der Waals surface area (Å²) in [6, 6.07) is 11.3. The van der Waals surface area contributed by atoms with Crippen molar-refractivity contribution in [3.05, 3.63) is 59.9 Å². The Kier molecular flexibility index (Phi) is 11.2. The lowest BCUT2D eigenvalue weighted by atomic mass is 10.2. The van der Waals surface area contributed by atoms with E-state index in [1.807, 2.05) is 36.5 Å². The fourth-order valence-electron chi connectivity index (χ4n) is 1.43. The molecule has 0 unspecified atom stereocenters. The number of carbonyl (C=O) groups excluding carboxylic acids is 1. The zero-order valence-corrected chi connectivity index (χ0v) is 12.4. The highest BCUT2D eigenvalue weighted by Crippen LogP contribution is 2.10. The molecule has 6 heteroatoms. The second-order valence-electron chi connectivity index (χ2n) is 3.46. The monoisotopic (exact) mass is 320 g/mol. The summed E-state index contributed by atoms with van der Waals surface area (Å²) in [4.78, 5) is 14.6. The lowest BCUT2D eigenvalue weighted by Crippen LogP contribution is -1.99. The summed E-state index contributed by atoms with van der Waals surface area (Å²) in [5.74, 6) is 0. The van der Waals surface area contributed by atoms with Gasteiger partial charge < -0.3 is 5.32 Å². The van der Waals surface area contributed by atoms with Gasteiger partial charge in [0.15, 0.2) is 0 Å². The first kappa shape index (κ1) is 20.0. The molecule has 0 atom stereocenters. The van der Waals surface area contributed by atoms with Gasteiger partial charge in [-0.05, 0) is 23.8 Å². The molecule has 0 bridgehead atoms. The van der Waals surface area contributed by atoms with E-state index in [1.54, 1.807) is 12.3 Å². The first-order valence-corrected chi connectivity index (χ1v) is 5.06. The summed E-state index contributed by atoms with van der Waals surface area (Å²) in [5, 5.41) is 3.24. The number of hydrogen-bond donors (Lipinski definition) is 1. The van der Waals surface area contributed by atoms with Crippen LogP contribution in [0.1, 0.15) is 15.9 Å². The first-order valence-electron chi connectivity index (χ1n) is 5.06. The Morgan fingerprint density at radius 1 is 1.11 bits per heavy atom. The molecule has 0 spiro atoms. The molecule has 0 aliphatic rings. The topological polar surface area (TPSA) is 42.0 Å². The Balaban J connectivity index is 0. The Hall–Kier alpha value is -1.29. The molecule has 19 heavy (non-hydrogen) atoms. The third-order valence-electron chi connectivity index (χ3n) is 2.24. The minimum Gasteiger partial charge on any atom is -0.381 e. The van der Waals surface area contributed by atoms with E-state index in [-0.39, 0.29) is 37.2 Å². The molecule has 2 aromatic rings. The van der Waals surface area contributed by atoms with E-state index in [1.165, 1.54) is 0 Å². The molecule has 1 aromatic carbocycles. The number of pyridine rings is 1. The van der Waals surface area contributed by atoms with E-state index in [0.29, 0.717) is 12.1 Å². The molecule has 0 saturated heterocycles. The molecule has 0 aliphatic heterocycles. The van der Waals surface area contributed by atoms with Crippen molar-refractivity contribution in [3.8, 4) is 0 Å². The van der Waals surface area contributed by atoms with Crippen molar-refractivity contribution in [1.82, 2.24) is 4.98 Å². The second kappa shape index (κ2) is 10.6. The lowest BCUT2D eigenvalue weighted by molar-refractivity contribution is 0.112. The minimum absolute atomic E-state index is 0. The van der Waals surface area contributed by atoms with Crippen molar-refractivity contribution in [2.24, 2.45) is 0 Å². The summed E-state index contributed by atoms with van der Waals surface area (Å²) < 4.78 is 0. The number of aldehydes is 1. The summed E-state index contributed by atoms with van der Waals surface area (Å²) >= 11 is 0. The van der Waals surface area contributed by atoms with Crippen molar-refractivity contribution < 1.29 is 4.79 Å². The molecule has 0 fully saturated rings. The number of nitrogens with zero attached hydrogens (tertiary/aromatic N) is 1. The van der Waals surface area contributed by atoms with Gasteiger partial charge in [-0.2, -0.15) is 0 Å². The average Bonchev–Trinajstić information content (AvgIpc) is 2.38. The van der Waals surface area contributed by atoms with Gasteiger partial charge in [-0.1, -0.05) is 18.2 Å². The highest BCUT2D eigenvalue weighted by Gasteiger charge is 1.95. The molecule has 2 rings (SSSR count). The van der Waals surface area contributed by atoms with Gasteiger partial charge in [-0.3, -0.25) is 9.78 Å². The highest BCUT2D eigenvalue weighted by molar-refractivity contribution is 5.86. The van der Waals surface area contributed by atoms with E-state index in [0.717, 1.165) is 17.5 Å². The number of halogens is 3. The Morgan fingerprint density at radius 2 is 1.89 bits per heavy atom. The molecular weight excluding hydrogens is 307 g/mol. The summed E-state index contributed by atoms with van der Waals surface area (Å²) in [6.45, 7) is 0.705.